The van der Waals surface area contributed by atoms with E-state index in [1.165, 1.54) is 5.56 Å². The number of nitrogens with zero attached hydrogens (tertiary/aromatic N) is 1. The third kappa shape index (κ3) is 2.60. The highest BCUT2D eigenvalue weighted by Gasteiger charge is 2.17. The largest absolute Gasteiger partial charge is 0.486 e. The summed E-state index contributed by atoms with van der Waals surface area (Å²) < 4.78 is 11.2. The van der Waals surface area contributed by atoms with Crippen LogP contribution in [0.5, 0.6) is 11.5 Å². The third-order valence-electron chi connectivity index (χ3n) is 3.47. The predicted octanol–water partition coefficient (Wildman–Crippen LogP) is 1.25. The van der Waals surface area contributed by atoms with Crippen molar-refractivity contribution in [1.82, 2.24) is 10.2 Å². The van der Waals surface area contributed by atoms with Crippen LogP contribution in [-0.4, -0.2) is 43.8 Å². The maximum atomic E-state index is 5.62. The molecule has 0 unspecified atom stereocenters. The first-order chi connectivity index (χ1) is 8.81. The third-order valence-corrected chi connectivity index (χ3v) is 3.47. The van der Waals surface area contributed by atoms with Crippen LogP contribution in [-0.2, 0) is 6.54 Å². The Morgan fingerprint density at radius 2 is 2.11 bits per heavy atom. The summed E-state index contributed by atoms with van der Waals surface area (Å²) in [5.41, 5.74) is 1.30. The Balaban J connectivity index is 1.69. The van der Waals surface area contributed by atoms with Crippen LogP contribution in [0.1, 0.15) is 12.5 Å². The summed E-state index contributed by atoms with van der Waals surface area (Å²) in [6.45, 7) is 7.82. The summed E-state index contributed by atoms with van der Waals surface area (Å²) in [6, 6.07) is 6.85. The molecule has 1 fully saturated rings. The van der Waals surface area contributed by atoms with Crippen molar-refractivity contribution in [2.75, 3.05) is 32.8 Å². The first kappa shape index (κ1) is 11.8. The second kappa shape index (κ2) is 5.16. The number of nitrogens with one attached hydrogen (secondary N) is 1. The molecule has 0 aromatic heterocycles. The molecule has 0 aliphatic carbocycles. The first-order valence-electron chi connectivity index (χ1n) is 6.65. The van der Waals surface area contributed by atoms with Gasteiger partial charge >= 0.3 is 0 Å². The smallest absolute Gasteiger partial charge is 0.161 e. The highest BCUT2D eigenvalue weighted by atomic mass is 16.6. The van der Waals surface area contributed by atoms with E-state index in [1.54, 1.807) is 0 Å². The minimum Gasteiger partial charge on any atom is -0.486 e. The molecule has 2 aliphatic rings. The molecule has 0 bridgehead atoms. The van der Waals surface area contributed by atoms with Crippen LogP contribution >= 0.6 is 0 Å². The second-order valence-electron chi connectivity index (χ2n) is 5.07. The molecular formula is C14H20N2O2. The van der Waals surface area contributed by atoms with E-state index in [-0.39, 0.29) is 0 Å². The predicted molar refractivity (Wildman–Crippen MR) is 70.2 cm³/mol. The van der Waals surface area contributed by atoms with Gasteiger partial charge in [0.2, 0.25) is 0 Å². The molecule has 4 nitrogen and oxygen atoms in total. The fourth-order valence-corrected chi connectivity index (χ4v) is 2.60. The van der Waals surface area contributed by atoms with E-state index in [2.05, 4.69) is 29.3 Å². The molecule has 1 aromatic carbocycles. The Kier molecular flexibility index (Phi) is 3.39. The van der Waals surface area contributed by atoms with Crippen molar-refractivity contribution >= 4 is 0 Å². The molecule has 3 rings (SSSR count). The fourth-order valence-electron chi connectivity index (χ4n) is 2.60. The van der Waals surface area contributed by atoms with Gasteiger partial charge in [0, 0.05) is 32.2 Å². The van der Waals surface area contributed by atoms with Crippen LogP contribution in [0, 0.1) is 0 Å². The molecule has 18 heavy (non-hydrogen) atoms. The van der Waals surface area contributed by atoms with Crippen molar-refractivity contribution < 1.29 is 9.47 Å². The van der Waals surface area contributed by atoms with Gasteiger partial charge in [0.15, 0.2) is 11.5 Å². The Labute approximate surface area is 108 Å². The summed E-state index contributed by atoms with van der Waals surface area (Å²) >= 11 is 0. The zero-order valence-electron chi connectivity index (χ0n) is 10.8. The summed E-state index contributed by atoms with van der Waals surface area (Å²) in [7, 11) is 0. The lowest BCUT2D eigenvalue weighted by molar-refractivity contribution is 0.170. The van der Waals surface area contributed by atoms with Gasteiger partial charge < -0.3 is 14.8 Å². The molecule has 4 heteroatoms. The van der Waals surface area contributed by atoms with Crippen molar-refractivity contribution in [1.29, 1.82) is 0 Å². The van der Waals surface area contributed by atoms with E-state index in [0.717, 1.165) is 37.7 Å². The molecule has 2 aliphatic heterocycles. The molecule has 1 atom stereocenters. The van der Waals surface area contributed by atoms with Gasteiger partial charge in [0.05, 0.1) is 0 Å². The molecule has 1 saturated heterocycles. The number of piperazine rings is 1. The average Bonchev–Trinajstić information content (AvgIpc) is 2.39. The topological polar surface area (TPSA) is 33.7 Å². The molecular weight excluding hydrogens is 228 g/mol. The second-order valence-corrected chi connectivity index (χ2v) is 5.07. The summed E-state index contributed by atoms with van der Waals surface area (Å²) in [5, 5.41) is 3.46. The lowest BCUT2D eigenvalue weighted by Crippen LogP contribution is -2.48. The van der Waals surface area contributed by atoms with Gasteiger partial charge in [-0.2, -0.15) is 0 Å². The molecule has 0 spiro atoms. The van der Waals surface area contributed by atoms with Gasteiger partial charge in [0.1, 0.15) is 13.2 Å². The van der Waals surface area contributed by atoms with Crippen LogP contribution < -0.4 is 14.8 Å². The fraction of sp³-hybridized carbons (Fsp3) is 0.571. The molecule has 1 aromatic rings. The van der Waals surface area contributed by atoms with Crippen molar-refractivity contribution in [2.24, 2.45) is 0 Å². The Bertz CT molecular complexity index is 422. The monoisotopic (exact) mass is 248 g/mol. The summed E-state index contributed by atoms with van der Waals surface area (Å²) in [6.07, 6.45) is 0. The number of ether oxygens (including phenoxy) is 2. The van der Waals surface area contributed by atoms with Crippen LogP contribution in [0.15, 0.2) is 18.2 Å². The number of benzene rings is 1. The molecule has 0 saturated carbocycles. The van der Waals surface area contributed by atoms with Crippen LogP contribution in [0.3, 0.4) is 0 Å². The molecule has 2 heterocycles. The van der Waals surface area contributed by atoms with E-state index in [9.17, 15) is 0 Å². The van der Waals surface area contributed by atoms with Gasteiger partial charge in [-0.05, 0) is 24.6 Å². The lowest BCUT2D eigenvalue weighted by atomic mass is 10.1. The van der Waals surface area contributed by atoms with E-state index in [4.69, 9.17) is 9.47 Å². The molecule has 0 radical (unpaired) electrons. The van der Waals surface area contributed by atoms with E-state index in [0.29, 0.717) is 19.3 Å². The maximum absolute atomic E-state index is 5.62. The molecule has 98 valence electrons. The summed E-state index contributed by atoms with van der Waals surface area (Å²) in [4.78, 5) is 2.48. The van der Waals surface area contributed by atoms with Crippen molar-refractivity contribution in [3.05, 3.63) is 23.8 Å². The molecule has 0 amide bonds. The van der Waals surface area contributed by atoms with E-state index in [1.807, 2.05) is 6.07 Å². The number of hydrogen-bond acceptors (Lipinski definition) is 4. The highest BCUT2D eigenvalue weighted by Crippen LogP contribution is 2.31. The summed E-state index contributed by atoms with van der Waals surface area (Å²) in [5.74, 6) is 1.76. The van der Waals surface area contributed by atoms with Gasteiger partial charge in [-0.25, -0.2) is 0 Å². The van der Waals surface area contributed by atoms with Crippen LogP contribution in [0.4, 0.5) is 0 Å². The van der Waals surface area contributed by atoms with Gasteiger partial charge in [0.25, 0.3) is 0 Å². The Hall–Kier alpha value is -1.26. The van der Waals surface area contributed by atoms with Gasteiger partial charge in [-0.3, -0.25) is 4.90 Å². The first-order valence-corrected chi connectivity index (χ1v) is 6.65. The average molecular weight is 248 g/mol. The van der Waals surface area contributed by atoms with Gasteiger partial charge in [-0.1, -0.05) is 6.07 Å². The number of fused-ring (bicyclic) bond motifs is 1. The van der Waals surface area contributed by atoms with E-state index < -0.39 is 0 Å². The van der Waals surface area contributed by atoms with Gasteiger partial charge in [-0.15, -0.1) is 0 Å². The minimum atomic E-state index is 0.580. The zero-order chi connectivity index (χ0) is 12.4. The quantitative estimate of drug-likeness (QED) is 0.854. The van der Waals surface area contributed by atoms with E-state index >= 15 is 0 Å². The standard InChI is InChI=1S/C14H20N2O2/c1-11-9-16(5-4-15-11)10-12-2-3-13-14(8-12)18-7-6-17-13/h2-3,8,11,15H,4-7,9-10H2,1H3/t11-/m1/s1. The molecule has 1 N–H and O–H groups in total. The lowest BCUT2D eigenvalue weighted by Gasteiger charge is -2.32. The van der Waals surface area contributed by atoms with Crippen LogP contribution in [0.2, 0.25) is 0 Å². The Morgan fingerprint density at radius 1 is 1.28 bits per heavy atom. The van der Waals surface area contributed by atoms with Crippen molar-refractivity contribution in [3.8, 4) is 11.5 Å². The SMILES string of the molecule is C[C@@H]1CN(Cc2ccc3c(c2)OCCO3)CCN1. The Morgan fingerprint density at radius 3 is 2.94 bits per heavy atom. The van der Waals surface area contributed by atoms with Crippen molar-refractivity contribution in [2.45, 2.75) is 19.5 Å². The highest BCUT2D eigenvalue weighted by molar-refractivity contribution is 5.43. The zero-order valence-corrected chi connectivity index (χ0v) is 10.8. The maximum Gasteiger partial charge on any atom is 0.161 e. The normalized spacial score (nSPS) is 23.9. The number of rotatable bonds is 2. The van der Waals surface area contributed by atoms with Crippen molar-refractivity contribution in [3.63, 3.8) is 0 Å². The minimum absolute atomic E-state index is 0.580. The van der Waals surface area contributed by atoms with Crippen LogP contribution in [0.25, 0.3) is 0 Å². The number of hydrogen-bond donors (Lipinski definition) is 1.